The molecule has 0 atom stereocenters. The molecule has 0 aromatic heterocycles. The fourth-order valence-electron chi connectivity index (χ4n) is 3.28. The minimum absolute atomic E-state index is 0.319. The van der Waals surface area contributed by atoms with Gasteiger partial charge in [-0.1, -0.05) is 46.0 Å². The molecule has 1 aliphatic rings. The first-order chi connectivity index (χ1) is 9.22. The predicted octanol–water partition coefficient (Wildman–Crippen LogP) is 4.60. The number of halogens is 1. The number of carbonyl (C=O) groups excluding carboxylic acids is 1. The molecule has 1 rings (SSSR count). The summed E-state index contributed by atoms with van der Waals surface area (Å²) < 4.78 is 0. The fraction of sp³-hybridized carbons (Fsp3) is 0.938. The highest BCUT2D eigenvalue weighted by Crippen LogP contribution is 2.27. The van der Waals surface area contributed by atoms with E-state index in [9.17, 15) is 4.79 Å². The molecule has 1 amide bonds. The van der Waals surface area contributed by atoms with Crippen LogP contribution in [0.25, 0.3) is 0 Å². The molecule has 0 unspecified atom stereocenters. The average molecular weight is 288 g/mol. The first-order valence-corrected chi connectivity index (χ1v) is 8.61. The third-order valence-electron chi connectivity index (χ3n) is 4.52. The van der Waals surface area contributed by atoms with Gasteiger partial charge >= 0.3 is 0 Å². The molecule has 1 aliphatic carbocycles. The second-order valence-electron chi connectivity index (χ2n) is 5.79. The summed E-state index contributed by atoms with van der Waals surface area (Å²) >= 11 is 5.85. The molecular formula is C16H30ClNO. The molecule has 0 radical (unpaired) electrons. The molecule has 0 saturated heterocycles. The van der Waals surface area contributed by atoms with Crippen molar-refractivity contribution >= 4 is 17.5 Å². The van der Waals surface area contributed by atoms with Gasteiger partial charge in [-0.2, -0.15) is 0 Å². The van der Waals surface area contributed by atoms with Crippen molar-refractivity contribution in [2.45, 2.75) is 77.7 Å². The monoisotopic (exact) mass is 287 g/mol. The molecule has 2 nitrogen and oxygen atoms in total. The highest BCUT2D eigenvalue weighted by molar-refractivity contribution is 6.18. The molecule has 19 heavy (non-hydrogen) atoms. The van der Waals surface area contributed by atoms with Crippen LogP contribution in [0.5, 0.6) is 0 Å². The molecule has 1 saturated carbocycles. The third kappa shape index (κ3) is 5.72. The topological polar surface area (TPSA) is 20.3 Å². The summed E-state index contributed by atoms with van der Waals surface area (Å²) in [7, 11) is 0. The standard InChI is InChI=1S/C16H30ClNO/c1-3-15(4-2)18(13-12-17)16(19)11-10-14-8-6-5-7-9-14/h14-15H,3-13H2,1-2H3. The predicted molar refractivity (Wildman–Crippen MR) is 82.6 cm³/mol. The van der Waals surface area contributed by atoms with Gasteiger partial charge in [0.05, 0.1) is 0 Å². The van der Waals surface area contributed by atoms with Gasteiger partial charge in [0.2, 0.25) is 5.91 Å². The number of alkyl halides is 1. The highest BCUT2D eigenvalue weighted by atomic mass is 35.5. The van der Waals surface area contributed by atoms with E-state index in [1.807, 2.05) is 4.90 Å². The van der Waals surface area contributed by atoms with Crippen LogP contribution < -0.4 is 0 Å². The number of amides is 1. The van der Waals surface area contributed by atoms with Gasteiger partial charge in [-0.15, -0.1) is 11.6 Å². The summed E-state index contributed by atoms with van der Waals surface area (Å²) in [6, 6.07) is 0.373. The molecule has 0 spiro atoms. The van der Waals surface area contributed by atoms with Gasteiger partial charge in [0.25, 0.3) is 0 Å². The van der Waals surface area contributed by atoms with Gasteiger partial charge in [0, 0.05) is 24.9 Å². The van der Waals surface area contributed by atoms with Crippen LogP contribution in [0.4, 0.5) is 0 Å². The van der Waals surface area contributed by atoms with E-state index in [1.54, 1.807) is 0 Å². The zero-order valence-electron chi connectivity index (χ0n) is 12.7. The maximum Gasteiger partial charge on any atom is 0.222 e. The average Bonchev–Trinajstić information content (AvgIpc) is 2.46. The molecule has 0 aromatic rings. The van der Waals surface area contributed by atoms with Gasteiger partial charge in [0.1, 0.15) is 0 Å². The van der Waals surface area contributed by atoms with Gasteiger partial charge in [0.15, 0.2) is 0 Å². The highest BCUT2D eigenvalue weighted by Gasteiger charge is 2.22. The smallest absolute Gasteiger partial charge is 0.222 e. The Balaban J connectivity index is 2.41. The van der Waals surface area contributed by atoms with Gasteiger partial charge in [-0.05, 0) is 25.2 Å². The summed E-state index contributed by atoms with van der Waals surface area (Å²) in [4.78, 5) is 14.4. The van der Waals surface area contributed by atoms with Crippen LogP contribution in [0.2, 0.25) is 0 Å². The Bertz CT molecular complexity index is 247. The fourth-order valence-corrected chi connectivity index (χ4v) is 3.46. The summed E-state index contributed by atoms with van der Waals surface area (Å²) in [6.45, 7) is 5.02. The van der Waals surface area contributed by atoms with Crippen LogP contribution in [0.15, 0.2) is 0 Å². The van der Waals surface area contributed by atoms with E-state index in [-0.39, 0.29) is 0 Å². The second-order valence-corrected chi connectivity index (χ2v) is 6.17. The largest absolute Gasteiger partial charge is 0.339 e. The maximum absolute atomic E-state index is 12.4. The van der Waals surface area contributed by atoms with Crippen molar-refractivity contribution < 1.29 is 4.79 Å². The van der Waals surface area contributed by atoms with E-state index in [2.05, 4.69) is 13.8 Å². The summed E-state index contributed by atoms with van der Waals surface area (Å²) in [5, 5.41) is 0. The lowest BCUT2D eigenvalue weighted by Gasteiger charge is -2.31. The van der Waals surface area contributed by atoms with E-state index in [0.717, 1.165) is 31.6 Å². The summed E-state index contributed by atoms with van der Waals surface area (Å²) in [6.07, 6.45) is 10.6. The van der Waals surface area contributed by atoms with Crippen molar-refractivity contribution in [1.29, 1.82) is 0 Å². The Labute approximate surface area is 123 Å². The first kappa shape index (κ1) is 16.8. The van der Waals surface area contributed by atoms with Crippen LogP contribution in [0.1, 0.15) is 71.6 Å². The number of nitrogens with zero attached hydrogens (tertiary/aromatic N) is 1. The Morgan fingerprint density at radius 2 is 1.84 bits per heavy atom. The van der Waals surface area contributed by atoms with Crippen molar-refractivity contribution in [2.75, 3.05) is 12.4 Å². The molecule has 0 aromatic carbocycles. The van der Waals surface area contributed by atoms with Crippen molar-refractivity contribution in [3.05, 3.63) is 0 Å². The first-order valence-electron chi connectivity index (χ1n) is 8.08. The minimum atomic E-state index is 0.319. The number of hydrogen-bond donors (Lipinski definition) is 0. The number of rotatable bonds is 8. The molecule has 112 valence electrons. The van der Waals surface area contributed by atoms with Crippen molar-refractivity contribution in [1.82, 2.24) is 4.90 Å². The van der Waals surface area contributed by atoms with Crippen molar-refractivity contribution in [3.63, 3.8) is 0 Å². The second kappa shape index (κ2) is 9.63. The van der Waals surface area contributed by atoms with Crippen LogP contribution in [0.3, 0.4) is 0 Å². The Hall–Kier alpha value is -0.240. The van der Waals surface area contributed by atoms with Crippen LogP contribution >= 0.6 is 11.6 Å². The summed E-state index contributed by atoms with van der Waals surface area (Å²) in [5.74, 6) is 1.66. The van der Waals surface area contributed by atoms with E-state index < -0.39 is 0 Å². The SMILES string of the molecule is CCC(CC)N(CCCl)C(=O)CCC1CCCCC1. The van der Waals surface area contributed by atoms with Crippen LogP contribution in [0, 0.1) is 5.92 Å². The lowest BCUT2D eigenvalue weighted by Crippen LogP contribution is -2.41. The molecule has 0 N–H and O–H groups in total. The van der Waals surface area contributed by atoms with E-state index in [1.165, 1.54) is 32.1 Å². The van der Waals surface area contributed by atoms with Crippen molar-refractivity contribution in [3.8, 4) is 0 Å². The Morgan fingerprint density at radius 3 is 2.37 bits per heavy atom. The van der Waals surface area contributed by atoms with Crippen LogP contribution in [-0.2, 0) is 4.79 Å². The molecule has 0 aliphatic heterocycles. The van der Waals surface area contributed by atoms with E-state index in [4.69, 9.17) is 11.6 Å². The van der Waals surface area contributed by atoms with Crippen LogP contribution in [-0.4, -0.2) is 29.3 Å². The minimum Gasteiger partial charge on any atom is -0.339 e. The summed E-state index contributed by atoms with van der Waals surface area (Å²) in [5.41, 5.74) is 0. The van der Waals surface area contributed by atoms with Gasteiger partial charge in [-0.3, -0.25) is 4.79 Å². The zero-order valence-corrected chi connectivity index (χ0v) is 13.4. The van der Waals surface area contributed by atoms with Gasteiger partial charge in [-0.25, -0.2) is 0 Å². The molecule has 3 heteroatoms. The van der Waals surface area contributed by atoms with E-state index >= 15 is 0 Å². The Morgan fingerprint density at radius 1 is 1.21 bits per heavy atom. The Kier molecular flexibility index (Phi) is 8.52. The lowest BCUT2D eigenvalue weighted by molar-refractivity contribution is -0.133. The quantitative estimate of drug-likeness (QED) is 0.597. The van der Waals surface area contributed by atoms with Gasteiger partial charge < -0.3 is 4.90 Å². The molecule has 1 fully saturated rings. The lowest BCUT2D eigenvalue weighted by atomic mass is 9.86. The van der Waals surface area contributed by atoms with E-state index in [0.29, 0.717) is 24.4 Å². The molecule has 0 bridgehead atoms. The van der Waals surface area contributed by atoms with Crippen molar-refractivity contribution in [2.24, 2.45) is 5.92 Å². The molecular weight excluding hydrogens is 258 g/mol. The normalized spacial score (nSPS) is 16.8. The maximum atomic E-state index is 12.4. The third-order valence-corrected chi connectivity index (χ3v) is 4.69. The zero-order chi connectivity index (χ0) is 14.1. The molecule has 0 heterocycles. The number of carbonyl (C=O) groups is 1. The number of hydrogen-bond acceptors (Lipinski definition) is 1.